The monoisotopic (exact) mass is 464 g/mol. The van der Waals surface area contributed by atoms with E-state index in [2.05, 4.69) is 10.3 Å². The average molecular weight is 464 g/mol. The van der Waals surface area contributed by atoms with E-state index in [-0.39, 0.29) is 12.2 Å². The Morgan fingerprint density at radius 3 is 2.65 bits per heavy atom. The molecule has 34 heavy (non-hydrogen) atoms. The topological polar surface area (TPSA) is 142 Å². The number of hydrogen-bond acceptors (Lipinski definition) is 6. The number of benzene rings is 2. The highest BCUT2D eigenvalue weighted by Gasteiger charge is 2.26. The number of aliphatic carboxylic acids is 1. The van der Waals surface area contributed by atoms with Gasteiger partial charge in [-0.1, -0.05) is 0 Å². The molecule has 0 aliphatic heterocycles. The first-order chi connectivity index (χ1) is 16.1. The third kappa shape index (κ3) is 4.45. The Morgan fingerprint density at radius 2 is 1.91 bits per heavy atom. The van der Waals surface area contributed by atoms with Crippen LogP contribution < -0.4 is 15.7 Å². The second-order valence-corrected chi connectivity index (χ2v) is 8.22. The number of phenolic OH excluding ortho intramolecular Hbond substituents is 1. The van der Waals surface area contributed by atoms with Crippen LogP contribution in [0.15, 0.2) is 51.8 Å². The maximum Gasteiger partial charge on any atom is 0.336 e. The van der Waals surface area contributed by atoms with Gasteiger partial charge in [0.05, 0.1) is 0 Å². The number of amides is 1. The van der Waals surface area contributed by atoms with Crippen LogP contribution in [0.2, 0.25) is 0 Å². The van der Waals surface area contributed by atoms with Crippen LogP contribution in [0.4, 0.5) is 0 Å². The van der Waals surface area contributed by atoms with Crippen LogP contribution in [0.5, 0.6) is 11.5 Å². The Hall–Kier alpha value is -4.27. The van der Waals surface area contributed by atoms with E-state index in [9.17, 15) is 24.6 Å². The van der Waals surface area contributed by atoms with E-state index < -0.39 is 29.6 Å². The molecule has 0 bridgehead atoms. The number of carboxylic acid groups (broad SMARTS) is 1. The quantitative estimate of drug-likeness (QED) is 0.308. The number of aromatic amines is 1. The number of aromatic hydroxyl groups is 1. The van der Waals surface area contributed by atoms with E-state index in [1.807, 2.05) is 0 Å². The van der Waals surface area contributed by atoms with Gasteiger partial charge >= 0.3 is 11.6 Å². The van der Waals surface area contributed by atoms with Crippen molar-refractivity contribution in [3.63, 3.8) is 0 Å². The second-order valence-electron chi connectivity index (χ2n) is 8.22. The van der Waals surface area contributed by atoms with Crippen LogP contribution >= 0.6 is 0 Å². The fraction of sp³-hybridized carbons (Fsp3) is 0.240. The van der Waals surface area contributed by atoms with E-state index in [0.717, 1.165) is 16.5 Å². The highest BCUT2D eigenvalue weighted by atomic mass is 16.5. The Morgan fingerprint density at radius 1 is 1.15 bits per heavy atom. The number of rotatable bonds is 7. The zero-order chi connectivity index (χ0) is 24.6. The molecule has 9 heteroatoms. The van der Waals surface area contributed by atoms with Gasteiger partial charge in [0.2, 0.25) is 0 Å². The maximum atomic E-state index is 12.8. The van der Waals surface area contributed by atoms with Gasteiger partial charge in [-0.15, -0.1) is 0 Å². The van der Waals surface area contributed by atoms with Crippen LogP contribution in [0.25, 0.3) is 21.9 Å². The van der Waals surface area contributed by atoms with E-state index in [0.29, 0.717) is 27.8 Å². The minimum Gasteiger partial charge on any atom is -0.508 e. The van der Waals surface area contributed by atoms with Crippen LogP contribution in [-0.4, -0.2) is 39.2 Å². The van der Waals surface area contributed by atoms with Crippen molar-refractivity contribution in [2.75, 3.05) is 0 Å². The third-order valence-electron chi connectivity index (χ3n) is 5.78. The highest BCUT2D eigenvalue weighted by Crippen LogP contribution is 2.29. The second kappa shape index (κ2) is 8.93. The summed E-state index contributed by atoms with van der Waals surface area (Å²) in [6.07, 6.45) is 0.651. The molecule has 2 heterocycles. The summed E-state index contributed by atoms with van der Waals surface area (Å²) in [6.45, 7) is 5.03. The molecule has 4 rings (SSSR count). The molecular formula is C25H24N2O7. The lowest BCUT2D eigenvalue weighted by molar-refractivity contribution is -0.142. The summed E-state index contributed by atoms with van der Waals surface area (Å²) in [5.74, 6) is -1.40. The first-order valence-corrected chi connectivity index (χ1v) is 10.7. The smallest absolute Gasteiger partial charge is 0.336 e. The van der Waals surface area contributed by atoms with Gasteiger partial charge in [0.1, 0.15) is 23.1 Å². The number of aryl methyl sites for hydroxylation is 2. The number of fused-ring (bicyclic) bond motifs is 2. The van der Waals surface area contributed by atoms with Gasteiger partial charge in [-0.3, -0.25) is 4.79 Å². The predicted octanol–water partition coefficient (Wildman–Crippen LogP) is 3.18. The van der Waals surface area contributed by atoms with Crippen molar-refractivity contribution in [2.24, 2.45) is 0 Å². The predicted molar refractivity (Wildman–Crippen MR) is 125 cm³/mol. The molecule has 2 atom stereocenters. The van der Waals surface area contributed by atoms with Gasteiger partial charge in [0, 0.05) is 40.5 Å². The summed E-state index contributed by atoms with van der Waals surface area (Å²) >= 11 is 0. The summed E-state index contributed by atoms with van der Waals surface area (Å²) in [5, 5.41) is 23.4. The number of carbonyl (C=O) groups excluding carboxylic acids is 1. The van der Waals surface area contributed by atoms with Crippen LogP contribution in [0.1, 0.15) is 23.6 Å². The number of carbonyl (C=O) groups is 2. The Kier molecular flexibility index (Phi) is 6.02. The molecule has 0 saturated carbocycles. The first-order valence-electron chi connectivity index (χ1n) is 10.7. The molecular weight excluding hydrogens is 440 g/mol. The Labute approximate surface area is 194 Å². The van der Waals surface area contributed by atoms with E-state index in [1.165, 1.54) is 25.1 Å². The number of aromatic nitrogens is 1. The summed E-state index contributed by atoms with van der Waals surface area (Å²) in [7, 11) is 0. The SMILES string of the molecule is Cc1cc(=O)oc2c(C)c(O[C@@H](C)C(=O)N[C@@H](Cc3c[nH]c4ccc(O)cc34)C(=O)O)ccc12. The molecule has 9 nitrogen and oxygen atoms in total. The largest absolute Gasteiger partial charge is 0.508 e. The van der Waals surface area contributed by atoms with E-state index >= 15 is 0 Å². The average Bonchev–Trinajstić information content (AvgIpc) is 3.17. The van der Waals surface area contributed by atoms with Crippen molar-refractivity contribution in [1.29, 1.82) is 0 Å². The molecule has 176 valence electrons. The van der Waals surface area contributed by atoms with E-state index in [4.69, 9.17) is 9.15 Å². The number of nitrogens with one attached hydrogen (secondary N) is 2. The number of ether oxygens (including phenoxy) is 1. The maximum absolute atomic E-state index is 12.8. The molecule has 0 aliphatic rings. The highest BCUT2D eigenvalue weighted by molar-refractivity contribution is 5.89. The fourth-order valence-corrected chi connectivity index (χ4v) is 3.92. The third-order valence-corrected chi connectivity index (χ3v) is 5.78. The molecule has 0 saturated heterocycles. The fourth-order valence-electron chi connectivity index (χ4n) is 3.92. The molecule has 2 aromatic carbocycles. The number of H-pyrrole nitrogens is 1. The number of carboxylic acids is 1. The van der Waals surface area contributed by atoms with Gasteiger partial charge in [-0.2, -0.15) is 0 Å². The lowest BCUT2D eigenvalue weighted by Crippen LogP contribution is -2.47. The van der Waals surface area contributed by atoms with Gasteiger partial charge in [-0.25, -0.2) is 9.59 Å². The van der Waals surface area contributed by atoms with Crippen molar-refractivity contribution < 1.29 is 29.0 Å². The van der Waals surface area contributed by atoms with Crippen LogP contribution in [-0.2, 0) is 16.0 Å². The first kappa shape index (κ1) is 22.9. The standard InChI is InChI=1S/C25H24N2O7/c1-12-8-22(29)34-23-13(2)21(7-5-17(12)23)33-14(3)24(30)27-20(25(31)32)9-15-11-26-19-6-4-16(28)10-18(15)19/h4-8,10-11,14,20,26,28H,9H2,1-3H3,(H,27,30)(H,31,32)/t14-,20-/m0/s1. The number of hydrogen-bond donors (Lipinski definition) is 4. The summed E-state index contributed by atoms with van der Waals surface area (Å²) in [4.78, 5) is 39.4. The summed E-state index contributed by atoms with van der Waals surface area (Å²) in [5.41, 5.74) is 2.61. The van der Waals surface area contributed by atoms with Crippen molar-refractivity contribution in [3.8, 4) is 11.5 Å². The van der Waals surface area contributed by atoms with Gasteiger partial charge in [0.25, 0.3) is 5.91 Å². The minimum atomic E-state index is -1.21. The van der Waals surface area contributed by atoms with Crippen molar-refractivity contribution in [2.45, 2.75) is 39.3 Å². The molecule has 4 aromatic rings. The lowest BCUT2D eigenvalue weighted by Gasteiger charge is -2.20. The molecule has 0 fully saturated rings. The summed E-state index contributed by atoms with van der Waals surface area (Å²) < 4.78 is 11.1. The van der Waals surface area contributed by atoms with Gasteiger partial charge in [0.15, 0.2) is 6.10 Å². The van der Waals surface area contributed by atoms with E-state index in [1.54, 1.807) is 38.2 Å². The minimum absolute atomic E-state index is 0.0106. The zero-order valence-electron chi connectivity index (χ0n) is 18.8. The normalized spacial score (nSPS) is 13.0. The number of phenols is 1. The molecule has 0 aliphatic carbocycles. The van der Waals surface area contributed by atoms with Crippen molar-refractivity contribution in [3.05, 3.63) is 69.7 Å². The molecule has 0 radical (unpaired) electrons. The lowest BCUT2D eigenvalue weighted by atomic mass is 10.0. The van der Waals surface area contributed by atoms with Crippen LogP contribution in [0, 0.1) is 13.8 Å². The van der Waals surface area contributed by atoms with Crippen LogP contribution in [0.3, 0.4) is 0 Å². The molecule has 4 N–H and O–H groups in total. The van der Waals surface area contributed by atoms with Gasteiger partial charge < -0.3 is 29.7 Å². The zero-order valence-corrected chi connectivity index (χ0v) is 18.8. The van der Waals surface area contributed by atoms with Crippen molar-refractivity contribution >= 4 is 33.7 Å². The molecule has 0 spiro atoms. The Balaban J connectivity index is 1.51. The molecule has 1 amide bonds. The van der Waals surface area contributed by atoms with Crippen molar-refractivity contribution in [1.82, 2.24) is 10.3 Å². The molecule has 2 aromatic heterocycles. The molecule has 0 unspecified atom stereocenters. The Bertz CT molecular complexity index is 1470. The summed E-state index contributed by atoms with van der Waals surface area (Å²) in [6, 6.07) is 8.37. The van der Waals surface area contributed by atoms with Gasteiger partial charge in [-0.05, 0) is 62.2 Å².